The molecular formula is C64H39N3OS. The zero-order chi connectivity index (χ0) is 45.5. The minimum Gasteiger partial charge on any atom is -0.456 e. The van der Waals surface area contributed by atoms with Crippen molar-refractivity contribution in [1.82, 2.24) is 15.0 Å². The van der Waals surface area contributed by atoms with Gasteiger partial charge in [0.1, 0.15) is 11.2 Å². The molecule has 0 fully saturated rings. The fraction of sp³-hybridized carbons (Fsp3) is 0.0156. The molecule has 10 aromatic carbocycles. The minimum absolute atomic E-state index is 0.563. The molecular weight excluding hydrogens is 859 g/mol. The summed E-state index contributed by atoms with van der Waals surface area (Å²) in [6.07, 6.45) is 0. The normalized spacial score (nSPS) is 12.8. The molecule has 14 rings (SSSR count). The third-order valence-corrected chi connectivity index (χ3v) is 15.3. The Bertz CT molecular complexity index is 4110. The van der Waals surface area contributed by atoms with Gasteiger partial charge in [0.05, 0.1) is 5.41 Å². The second-order valence-corrected chi connectivity index (χ2v) is 18.9. The molecule has 0 unspecified atom stereocenters. The molecule has 0 bridgehead atoms. The Kier molecular flexibility index (Phi) is 8.95. The average Bonchev–Trinajstić information content (AvgIpc) is 4.10. The first-order valence-electron chi connectivity index (χ1n) is 23.3. The molecule has 3 heterocycles. The molecule has 322 valence electrons. The van der Waals surface area contributed by atoms with Crippen molar-refractivity contribution < 1.29 is 4.42 Å². The predicted octanol–water partition coefficient (Wildman–Crippen LogP) is 16.8. The molecule has 69 heavy (non-hydrogen) atoms. The second kappa shape index (κ2) is 15.7. The van der Waals surface area contributed by atoms with Gasteiger partial charge >= 0.3 is 0 Å². The lowest BCUT2D eigenvalue weighted by molar-refractivity contribution is 0.669. The van der Waals surface area contributed by atoms with Gasteiger partial charge in [-0.15, -0.1) is 11.3 Å². The van der Waals surface area contributed by atoms with Crippen LogP contribution in [0, 0.1) is 0 Å². The van der Waals surface area contributed by atoms with E-state index in [4.69, 9.17) is 19.4 Å². The molecule has 0 atom stereocenters. The maximum atomic E-state index is 6.17. The van der Waals surface area contributed by atoms with E-state index < -0.39 is 5.41 Å². The van der Waals surface area contributed by atoms with Crippen LogP contribution in [0.5, 0.6) is 0 Å². The molecule has 0 spiro atoms. The van der Waals surface area contributed by atoms with Crippen LogP contribution in [0.2, 0.25) is 0 Å². The van der Waals surface area contributed by atoms with Crippen molar-refractivity contribution in [3.05, 3.63) is 259 Å². The van der Waals surface area contributed by atoms with Crippen LogP contribution in [-0.4, -0.2) is 15.0 Å². The number of fused-ring (bicyclic) bond motifs is 9. The lowest BCUT2D eigenvalue weighted by atomic mass is 9.67. The Morgan fingerprint density at radius 2 is 0.855 bits per heavy atom. The fourth-order valence-corrected chi connectivity index (χ4v) is 12.2. The van der Waals surface area contributed by atoms with E-state index in [0.29, 0.717) is 17.5 Å². The fourth-order valence-electron chi connectivity index (χ4n) is 11.0. The Morgan fingerprint density at radius 3 is 1.64 bits per heavy atom. The lowest BCUT2D eigenvalue weighted by Gasteiger charge is -2.33. The van der Waals surface area contributed by atoms with Crippen molar-refractivity contribution >= 4 is 53.4 Å². The summed E-state index contributed by atoms with van der Waals surface area (Å²) >= 11 is 1.79. The number of para-hydroxylation sites is 1. The quantitative estimate of drug-likeness (QED) is 0.160. The highest BCUT2D eigenvalue weighted by atomic mass is 32.1. The first-order valence-corrected chi connectivity index (χ1v) is 24.1. The van der Waals surface area contributed by atoms with Gasteiger partial charge in [-0.05, 0) is 98.1 Å². The first-order chi connectivity index (χ1) is 34.2. The Morgan fingerprint density at radius 1 is 0.333 bits per heavy atom. The average molecular weight is 898 g/mol. The first kappa shape index (κ1) is 39.4. The highest BCUT2D eigenvalue weighted by molar-refractivity contribution is 7.26. The van der Waals surface area contributed by atoms with Crippen LogP contribution >= 0.6 is 11.3 Å². The van der Waals surface area contributed by atoms with Gasteiger partial charge in [-0.1, -0.05) is 194 Å². The number of hydrogen-bond donors (Lipinski definition) is 0. The van der Waals surface area contributed by atoms with E-state index in [9.17, 15) is 0 Å². The molecule has 0 N–H and O–H groups in total. The number of nitrogens with zero attached hydrogens (tertiary/aromatic N) is 3. The van der Waals surface area contributed by atoms with Gasteiger partial charge in [0.2, 0.25) is 0 Å². The standard InChI is InChI=1S/C64H39N3OS/c1-3-21-45(22-4-1)64(46-23-5-2-6-24-46)54-31-10-7-27-50(54)59-51(29-16-32-55(59)64)62-65-61(66-63(67-62)52-30-15-28-49-48-26-9-12-34-58(48)69-60(49)52)44-20-14-19-42(38-44)40-17-13-18-41(37-40)43-35-36-57-53(39-43)47-25-8-11-33-56(47)68-57/h1-39H. The van der Waals surface area contributed by atoms with Gasteiger partial charge in [-0.2, -0.15) is 0 Å². The number of thiophene rings is 1. The number of furan rings is 1. The molecule has 1 aliphatic carbocycles. The molecule has 13 aromatic rings. The summed E-state index contributed by atoms with van der Waals surface area (Å²) in [5.41, 5.74) is 15.7. The Balaban J connectivity index is 0.966. The van der Waals surface area contributed by atoms with Crippen LogP contribution in [0.1, 0.15) is 22.3 Å². The summed E-state index contributed by atoms with van der Waals surface area (Å²) < 4.78 is 8.56. The molecule has 1 aliphatic rings. The minimum atomic E-state index is -0.563. The molecule has 0 amide bonds. The smallest absolute Gasteiger partial charge is 0.165 e. The van der Waals surface area contributed by atoms with Gasteiger partial charge in [-0.25, -0.2) is 15.0 Å². The van der Waals surface area contributed by atoms with E-state index in [2.05, 4.69) is 224 Å². The van der Waals surface area contributed by atoms with Gasteiger partial charge in [0, 0.05) is 47.6 Å². The zero-order valence-electron chi connectivity index (χ0n) is 37.2. The van der Waals surface area contributed by atoms with Crippen molar-refractivity contribution in [3.63, 3.8) is 0 Å². The highest BCUT2D eigenvalue weighted by Gasteiger charge is 2.47. The molecule has 0 radical (unpaired) electrons. The molecule has 3 aromatic heterocycles. The number of aromatic nitrogens is 3. The van der Waals surface area contributed by atoms with Crippen LogP contribution in [0.15, 0.2) is 241 Å². The van der Waals surface area contributed by atoms with Crippen LogP contribution in [0.4, 0.5) is 0 Å². The van der Waals surface area contributed by atoms with E-state index in [1.54, 1.807) is 11.3 Å². The van der Waals surface area contributed by atoms with Crippen molar-refractivity contribution in [1.29, 1.82) is 0 Å². The monoisotopic (exact) mass is 897 g/mol. The Hall–Kier alpha value is -8.77. The van der Waals surface area contributed by atoms with E-state index in [1.807, 2.05) is 12.1 Å². The molecule has 0 saturated heterocycles. The van der Waals surface area contributed by atoms with Crippen LogP contribution < -0.4 is 0 Å². The van der Waals surface area contributed by atoms with E-state index >= 15 is 0 Å². The topological polar surface area (TPSA) is 51.8 Å². The predicted molar refractivity (Wildman–Crippen MR) is 284 cm³/mol. The summed E-state index contributed by atoms with van der Waals surface area (Å²) in [4.78, 5) is 16.4. The van der Waals surface area contributed by atoms with Crippen LogP contribution in [0.3, 0.4) is 0 Å². The summed E-state index contributed by atoms with van der Waals surface area (Å²) in [7, 11) is 0. The van der Waals surface area contributed by atoms with Crippen molar-refractivity contribution in [2.75, 3.05) is 0 Å². The van der Waals surface area contributed by atoms with Gasteiger partial charge < -0.3 is 4.42 Å². The third kappa shape index (κ3) is 6.18. The zero-order valence-corrected chi connectivity index (χ0v) is 38.0. The molecule has 0 saturated carbocycles. The summed E-state index contributed by atoms with van der Waals surface area (Å²) in [6, 6.07) is 84.6. The van der Waals surface area contributed by atoms with E-state index in [1.165, 1.54) is 43.3 Å². The van der Waals surface area contributed by atoms with Crippen LogP contribution in [-0.2, 0) is 5.41 Å². The molecule has 5 heteroatoms. The van der Waals surface area contributed by atoms with Gasteiger partial charge in [-0.3, -0.25) is 0 Å². The summed E-state index contributed by atoms with van der Waals surface area (Å²) in [6.45, 7) is 0. The van der Waals surface area contributed by atoms with Crippen molar-refractivity contribution in [3.8, 4) is 67.5 Å². The molecule has 4 nitrogen and oxygen atoms in total. The summed E-state index contributed by atoms with van der Waals surface area (Å²) in [5.74, 6) is 1.89. The number of rotatable bonds is 7. The van der Waals surface area contributed by atoms with Gasteiger partial charge in [0.25, 0.3) is 0 Å². The van der Waals surface area contributed by atoms with E-state index in [-0.39, 0.29) is 0 Å². The largest absolute Gasteiger partial charge is 0.456 e. The highest BCUT2D eigenvalue weighted by Crippen LogP contribution is 2.58. The SMILES string of the molecule is c1ccc(C2(c3ccccc3)c3ccccc3-c3c(-c4nc(-c5cccc(-c6cccc(-c7ccc8oc9ccccc9c8c7)c6)c5)nc(-c5cccc6c5sc5ccccc56)n4)cccc32)cc1. The summed E-state index contributed by atoms with van der Waals surface area (Å²) in [5, 5.41) is 4.66. The molecule has 0 aliphatic heterocycles. The third-order valence-electron chi connectivity index (χ3n) is 14.0. The van der Waals surface area contributed by atoms with Crippen LogP contribution in [0.25, 0.3) is 110 Å². The van der Waals surface area contributed by atoms with E-state index in [0.717, 1.165) is 71.1 Å². The number of benzene rings is 10. The maximum Gasteiger partial charge on any atom is 0.165 e. The number of hydrogen-bond acceptors (Lipinski definition) is 5. The second-order valence-electron chi connectivity index (χ2n) is 17.8. The van der Waals surface area contributed by atoms with Crippen molar-refractivity contribution in [2.45, 2.75) is 5.41 Å². The lowest BCUT2D eigenvalue weighted by Crippen LogP contribution is -2.28. The van der Waals surface area contributed by atoms with Gasteiger partial charge in [0.15, 0.2) is 17.5 Å². The van der Waals surface area contributed by atoms with Crippen molar-refractivity contribution in [2.24, 2.45) is 0 Å². The Labute approximate surface area is 402 Å². The maximum absolute atomic E-state index is 6.17.